The van der Waals surface area contributed by atoms with E-state index in [1.165, 1.54) is 6.07 Å². The molecule has 0 atom stereocenters. The highest BCUT2D eigenvalue weighted by Gasteiger charge is 2.20. The number of carbonyl (C=O) groups is 1. The van der Waals surface area contributed by atoms with Crippen molar-refractivity contribution in [1.29, 1.82) is 0 Å². The van der Waals surface area contributed by atoms with Crippen molar-refractivity contribution < 1.29 is 18.3 Å². The molecule has 0 spiro atoms. The molecule has 0 amide bonds. The minimum Gasteiger partial charge on any atom is -0.466 e. The van der Waals surface area contributed by atoms with Crippen molar-refractivity contribution in [2.24, 2.45) is 0 Å². The first kappa shape index (κ1) is 15.3. The van der Waals surface area contributed by atoms with E-state index in [-0.39, 0.29) is 18.1 Å². The summed E-state index contributed by atoms with van der Waals surface area (Å²) >= 11 is 8.94. The third-order valence-electron chi connectivity index (χ3n) is 2.10. The summed E-state index contributed by atoms with van der Waals surface area (Å²) in [4.78, 5) is 15.1. The number of carbonyl (C=O) groups excluding carboxylic acids is 1. The summed E-state index contributed by atoms with van der Waals surface area (Å²) in [6.07, 6.45) is -2.92. The van der Waals surface area contributed by atoms with Crippen LogP contribution in [0.15, 0.2) is 6.07 Å². The maximum absolute atomic E-state index is 12.7. The van der Waals surface area contributed by atoms with Crippen molar-refractivity contribution in [3.8, 4) is 0 Å². The van der Waals surface area contributed by atoms with E-state index in [0.717, 1.165) is 0 Å². The van der Waals surface area contributed by atoms with Crippen LogP contribution in [0.2, 0.25) is 5.02 Å². The van der Waals surface area contributed by atoms with E-state index in [0.29, 0.717) is 16.6 Å². The first-order valence-corrected chi connectivity index (χ1v) is 6.67. The molecule has 1 rings (SSSR count). The zero-order valence-electron chi connectivity index (χ0n) is 9.55. The van der Waals surface area contributed by atoms with Crippen LogP contribution in [0.25, 0.3) is 0 Å². The maximum atomic E-state index is 12.7. The molecule has 1 heterocycles. The lowest BCUT2D eigenvalue weighted by atomic mass is 10.1. The quantitative estimate of drug-likeness (QED) is 0.605. The van der Waals surface area contributed by atoms with Gasteiger partial charge in [-0.2, -0.15) is 0 Å². The van der Waals surface area contributed by atoms with Gasteiger partial charge in [0.2, 0.25) is 0 Å². The Morgan fingerprint density at radius 2 is 2.28 bits per heavy atom. The predicted molar refractivity (Wildman–Crippen MR) is 67.2 cm³/mol. The minimum absolute atomic E-state index is 0.144. The number of nitrogens with zero attached hydrogens (tertiary/aromatic N) is 1. The fourth-order valence-corrected chi connectivity index (χ4v) is 1.91. The Hall–Kier alpha value is -0.750. The predicted octanol–water partition coefficient (Wildman–Crippen LogP) is 3.67. The number of aromatic nitrogens is 1. The topological polar surface area (TPSA) is 39.2 Å². The number of pyridine rings is 1. The Morgan fingerprint density at radius 1 is 1.61 bits per heavy atom. The van der Waals surface area contributed by atoms with Crippen LogP contribution in [-0.4, -0.2) is 17.6 Å². The number of halogens is 4. The largest absolute Gasteiger partial charge is 0.466 e. The molecule has 100 valence electrons. The molecule has 0 radical (unpaired) electrons. The number of hydrogen-bond acceptors (Lipinski definition) is 3. The summed E-state index contributed by atoms with van der Waals surface area (Å²) in [6.45, 7) is 1.90. The number of hydrogen-bond donors (Lipinski definition) is 0. The smallest absolute Gasteiger partial charge is 0.310 e. The molecule has 3 nitrogen and oxygen atoms in total. The highest BCUT2D eigenvalue weighted by Crippen LogP contribution is 2.29. The fraction of sp³-hybridized carbons (Fsp3) is 0.455. The first-order valence-electron chi connectivity index (χ1n) is 5.17. The van der Waals surface area contributed by atoms with E-state index < -0.39 is 18.1 Å². The summed E-state index contributed by atoms with van der Waals surface area (Å²) in [5.41, 5.74) is 0.191. The number of esters is 1. The lowest BCUT2D eigenvalue weighted by Crippen LogP contribution is -2.10. The van der Waals surface area contributed by atoms with E-state index in [1.54, 1.807) is 6.92 Å². The second kappa shape index (κ2) is 6.99. The molecule has 18 heavy (non-hydrogen) atoms. The summed E-state index contributed by atoms with van der Waals surface area (Å²) in [6, 6.07) is 1.51. The molecule has 0 saturated carbocycles. The van der Waals surface area contributed by atoms with Gasteiger partial charge in [-0.25, -0.2) is 13.8 Å². The van der Waals surface area contributed by atoms with Crippen LogP contribution in [0.5, 0.6) is 0 Å². The van der Waals surface area contributed by atoms with E-state index in [2.05, 4.69) is 20.9 Å². The van der Waals surface area contributed by atoms with Gasteiger partial charge in [0, 0.05) is 5.33 Å². The molecule has 0 aliphatic carbocycles. The van der Waals surface area contributed by atoms with Crippen LogP contribution in [0.4, 0.5) is 8.78 Å². The van der Waals surface area contributed by atoms with Crippen LogP contribution in [0.3, 0.4) is 0 Å². The number of alkyl halides is 3. The third-order valence-corrected chi connectivity index (χ3v) is 3.11. The molecule has 7 heteroatoms. The van der Waals surface area contributed by atoms with Gasteiger partial charge in [0.05, 0.1) is 23.7 Å². The van der Waals surface area contributed by atoms with Crippen molar-refractivity contribution in [3.05, 3.63) is 28.0 Å². The van der Waals surface area contributed by atoms with Crippen LogP contribution in [-0.2, 0) is 21.3 Å². The van der Waals surface area contributed by atoms with Crippen LogP contribution in [0, 0.1) is 0 Å². The second-order valence-electron chi connectivity index (χ2n) is 3.39. The molecule has 1 aromatic rings. The maximum Gasteiger partial charge on any atom is 0.310 e. The van der Waals surface area contributed by atoms with Gasteiger partial charge >= 0.3 is 5.97 Å². The van der Waals surface area contributed by atoms with E-state index in [9.17, 15) is 13.6 Å². The Morgan fingerprint density at radius 3 is 2.78 bits per heavy atom. The zero-order chi connectivity index (χ0) is 13.7. The Balaban J connectivity index is 3.09. The zero-order valence-corrected chi connectivity index (χ0v) is 11.9. The summed E-state index contributed by atoms with van der Waals surface area (Å²) < 4.78 is 30.2. The molecule has 1 aromatic heterocycles. The van der Waals surface area contributed by atoms with Gasteiger partial charge in [-0.1, -0.05) is 27.5 Å². The van der Waals surface area contributed by atoms with E-state index in [4.69, 9.17) is 16.3 Å². The molecular weight excluding hydrogens is 331 g/mol. The van der Waals surface area contributed by atoms with Crippen molar-refractivity contribution in [1.82, 2.24) is 4.98 Å². The summed E-state index contributed by atoms with van der Waals surface area (Å²) in [5, 5.41) is 0.127. The highest BCUT2D eigenvalue weighted by atomic mass is 79.9. The van der Waals surface area contributed by atoms with Gasteiger partial charge in [0.15, 0.2) is 0 Å². The molecule has 0 saturated heterocycles. The van der Waals surface area contributed by atoms with Gasteiger partial charge in [-0.05, 0) is 18.6 Å². The monoisotopic (exact) mass is 341 g/mol. The average molecular weight is 343 g/mol. The van der Waals surface area contributed by atoms with E-state index in [1.807, 2.05) is 0 Å². The minimum atomic E-state index is -2.78. The second-order valence-corrected chi connectivity index (χ2v) is 4.33. The molecule has 0 aromatic carbocycles. The third kappa shape index (κ3) is 3.88. The summed E-state index contributed by atoms with van der Waals surface area (Å²) in [7, 11) is 0. The van der Waals surface area contributed by atoms with E-state index >= 15 is 0 Å². The van der Waals surface area contributed by atoms with Gasteiger partial charge in [-0.3, -0.25) is 4.79 Å². The summed E-state index contributed by atoms with van der Waals surface area (Å²) in [5.74, 6) is -0.508. The van der Waals surface area contributed by atoms with Crippen LogP contribution < -0.4 is 0 Å². The van der Waals surface area contributed by atoms with Crippen molar-refractivity contribution >= 4 is 33.5 Å². The normalized spacial score (nSPS) is 10.8. The molecule has 0 aliphatic rings. The molecular formula is C11H11BrClF2NO2. The van der Waals surface area contributed by atoms with Gasteiger partial charge in [-0.15, -0.1) is 0 Å². The number of rotatable bonds is 5. The Kier molecular flexibility index (Phi) is 5.95. The fourth-order valence-electron chi connectivity index (χ4n) is 1.37. The van der Waals surface area contributed by atoms with Crippen molar-refractivity contribution in [2.75, 3.05) is 6.61 Å². The first-order chi connectivity index (χ1) is 8.49. The van der Waals surface area contributed by atoms with Crippen molar-refractivity contribution in [2.45, 2.75) is 25.1 Å². The lowest BCUT2D eigenvalue weighted by molar-refractivity contribution is -0.142. The van der Waals surface area contributed by atoms with Crippen molar-refractivity contribution in [3.63, 3.8) is 0 Å². The standard InChI is InChI=1S/C11H11BrClF2NO2/c1-2-18-8(17)4-6-3-7(5-12)16-10(9(6)13)11(14)15/h3,11H,2,4-5H2,1H3. The molecule has 0 bridgehead atoms. The van der Waals surface area contributed by atoms with Crippen LogP contribution in [0.1, 0.15) is 30.3 Å². The molecule has 0 aliphatic heterocycles. The molecule has 0 fully saturated rings. The molecule has 0 unspecified atom stereocenters. The van der Waals surface area contributed by atoms with Gasteiger partial charge in [0.25, 0.3) is 6.43 Å². The highest BCUT2D eigenvalue weighted by molar-refractivity contribution is 9.08. The Bertz CT molecular complexity index is 443. The van der Waals surface area contributed by atoms with Gasteiger partial charge < -0.3 is 4.74 Å². The molecule has 0 N–H and O–H groups in total. The SMILES string of the molecule is CCOC(=O)Cc1cc(CBr)nc(C(F)F)c1Cl. The van der Waals surface area contributed by atoms with Gasteiger partial charge in [0.1, 0.15) is 5.69 Å². The van der Waals surface area contributed by atoms with Crippen LogP contribution >= 0.6 is 27.5 Å². The lowest BCUT2D eigenvalue weighted by Gasteiger charge is -2.10. The average Bonchev–Trinajstić information content (AvgIpc) is 2.31. The Labute approximate surface area is 117 Å². The number of ether oxygens (including phenoxy) is 1.